The van der Waals surface area contributed by atoms with E-state index in [-0.39, 0.29) is 19.1 Å². The first-order valence-electron chi connectivity index (χ1n) is 35.5. The van der Waals surface area contributed by atoms with E-state index in [0.717, 1.165) is 64.2 Å². The second-order valence-electron chi connectivity index (χ2n) is 25.6. The molecule has 0 radical (unpaired) electrons. The first kappa shape index (κ1) is 79.5. The molecule has 3 unspecified atom stereocenters. The Hall–Kier alpha value is -1.54. The number of quaternary nitrogens is 1. The Morgan fingerprint density at radius 1 is 0.444 bits per heavy atom. The summed E-state index contributed by atoms with van der Waals surface area (Å²) in [5.74, 6) is -0.157. The van der Waals surface area contributed by atoms with E-state index < -0.39 is 20.0 Å². The molecule has 0 aromatic heterocycles. The van der Waals surface area contributed by atoms with Crippen molar-refractivity contribution < 1.29 is 32.9 Å². The summed E-state index contributed by atoms with van der Waals surface area (Å²) in [6.07, 6.45) is 84.9. The number of likely N-dealkylation sites (N-methyl/N-ethyl adjacent to an activating group) is 1. The summed E-state index contributed by atoms with van der Waals surface area (Å²) in [6, 6.07) is -0.799. The molecule has 0 aromatic carbocycles. The highest BCUT2D eigenvalue weighted by Crippen LogP contribution is 2.38. The first-order valence-corrected chi connectivity index (χ1v) is 36.9. The minimum Gasteiger partial charge on any atom is -0.756 e. The highest BCUT2D eigenvalue weighted by Gasteiger charge is 2.24. The van der Waals surface area contributed by atoms with Gasteiger partial charge in [-0.05, 0) is 51.4 Å². The Bertz CT molecular complexity index is 1460. The number of phosphoric ester groups is 1. The van der Waals surface area contributed by atoms with Gasteiger partial charge in [-0.3, -0.25) is 9.36 Å². The van der Waals surface area contributed by atoms with Crippen molar-refractivity contribution in [3.8, 4) is 0 Å². The van der Waals surface area contributed by atoms with Crippen molar-refractivity contribution in [1.29, 1.82) is 0 Å². The van der Waals surface area contributed by atoms with Crippen LogP contribution in [-0.4, -0.2) is 68.5 Å². The zero-order valence-corrected chi connectivity index (χ0v) is 55.6. The molecule has 0 aliphatic heterocycles. The van der Waals surface area contributed by atoms with Crippen LogP contribution in [0.25, 0.3) is 0 Å². The number of carbonyl (C=O) groups is 1. The smallest absolute Gasteiger partial charge is 0.268 e. The maximum atomic E-state index is 13.0. The van der Waals surface area contributed by atoms with Crippen LogP contribution in [0.3, 0.4) is 0 Å². The second kappa shape index (κ2) is 63.0. The molecule has 0 heterocycles. The monoisotopic (exact) mass is 1160 g/mol. The topological polar surface area (TPSA) is 108 Å². The highest BCUT2D eigenvalue weighted by atomic mass is 31.2. The lowest BCUT2D eigenvalue weighted by molar-refractivity contribution is -0.870. The Labute approximate surface area is 505 Å². The van der Waals surface area contributed by atoms with Crippen molar-refractivity contribution in [2.75, 3.05) is 40.9 Å². The average molecular weight is 1160 g/mol. The van der Waals surface area contributed by atoms with E-state index in [9.17, 15) is 19.4 Å². The molecule has 0 aliphatic rings. The van der Waals surface area contributed by atoms with Crippen LogP contribution in [0.5, 0.6) is 0 Å². The number of nitrogens with zero attached hydrogens (tertiary/aromatic N) is 1. The number of rotatable bonds is 66. The molecule has 3 atom stereocenters. The predicted molar refractivity (Wildman–Crippen MR) is 353 cm³/mol. The van der Waals surface area contributed by atoms with E-state index in [2.05, 4.69) is 67.8 Å². The van der Waals surface area contributed by atoms with Gasteiger partial charge in [0.25, 0.3) is 7.82 Å². The van der Waals surface area contributed by atoms with E-state index in [0.29, 0.717) is 23.9 Å². The lowest BCUT2D eigenvalue weighted by Gasteiger charge is -2.30. The molecule has 0 rings (SSSR count). The third-order valence-electron chi connectivity index (χ3n) is 16.3. The van der Waals surface area contributed by atoms with Crippen LogP contribution in [0.2, 0.25) is 0 Å². The number of amides is 1. The molecule has 2 N–H and O–H groups in total. The Morgan fingerprint density at radius 3 is 1.10 bits per heavy atom. The molecule has 0 aromatic rings. The fraction of sp³-hybridized carbons (Fsp3) is 0.875. The van der Waals surface area contributed by atoms with Gasteiger partial charge in [0, 0.05) is 6.42 Å². The molecule has 0 fully saturated rings. The summed E-state index contributed by atoms with van der Waals surface area (Å²) < 4.78 is 23.5. The largest absolute Gasteiger partial charge is 0.756 e. The molecule has 8 nitrogen and oxygen atoms in total. The fourth-order valence-corrected chi connectivity index (χ4v) is 11.6. The maximum Gasteiger partial charge on any atom is 0.268 e. The quantitative estimate of drug-likeness (QED) is 0.0272. The van der Waals surface area contributed by atoms with E-state index in [1.165, 1.54) is 263 Å². The summed E-state index contributed by atoms with van der Waals surface area (Å²) >= 11 is 0. The standard InChI is InChI=1S/C72H139N2O6P/c1-6-8-10-12-14-16-18-20-22-24-26-27-28-29-30-31-32-33-34-35-36-37-38-39-40-41-42-43-44-45-46-47-48-50-52-54-56-58-60-62-64-66-72(76)73-70(69-80-81(77,78)79-68-67-74(3,4)5)71(75)65-63-61-59-57-55-53-51-49-25-23-21-19-17-15-13-11-9-7-2/h8,10,14,16,20,22,26-27,70-71,75H,6-7,9,11-13,15,17-19,21,23-25,28-69H2,1-5H3,(H-,73,76,77,78)/b10-8-,16-14-,22-20-,27-26-. The van der Waals surface area contributed by atoms with Crippen LogP contribution in [-0.2, 0) is 18.4 Å². The molecule has 0 aliphatic carbocycles. The number of allylic oxidation sites excluding steroid dienone is 8. The van der Waals surface area contributed by atoms with Gasteiger partial charge in [0.1, 0.15) is 13.2 Å². The number of hydrogen-bond donors (Lipinski definition) is 2. The second-order valence-corrected chi connectivity index (χ2v) is 27.0. The summed E-state index contributed by atoms with van der Waals surface area (Å²) in [7, 11) is 1.32. The number of nitrogens with one attached hydrogen (secondary N) is 1. The van der Waals surface area contributed by atoms with Crippen molar-refractivity contribution >= 4 is 13.7 Å². The SMILES string of the molecule is CC/C=C\C/C=C\C/C=C\C/C=C\CCCCCCCCCCCCCCCCCCCCCCCCCCCCCCC(=O)NC(COP(=O)([O-])OCC[N+](C)(C)C)C(O)CCCCCCCCCCCCCCCCCCCC. The van der Waals surface area contributed by atoms with Gasteiger partial charge >= 0.3 is 0 Å². The lowest BCUT2D eigenvalue weighted by Crippen LogP contribution is -2.46. The fourth-order valence-electron chi connectivity index (χ4n) is 10.9. The van der Waals surface area contributed by atoms with E-state index >= 15 is 0 Å². The molecule has 0 spiro atoms. The summed E-state index contributed by atoms with van der Waals surface area (Å²) in [6.45, 7) is 4.66. The van der Waals surface area contributed by atoms with Crippen molar-refractivity contribution in [2.24, 2.45) is 0 Å². The highest BCUT2D eigenvalue weighted by molar-refractivity contribution is 7.45. The van der Waals surface area contributed by atoms with Gasteiger partial charge in [0.05, 0.1) is 39.9 Å². The van der Waals surface area contributed by atoms with Gasteiger partial charge in [-0.15, -0.1) is 0 Å². The van der Waals surface area contributed by atoms with Crippen molar-refractivity contribution in [3.05, 3.63) is 48.6 Å². The number of carbonyl (C=O) groups excluding carboxylic acids is 1. The molecule has 0 bridgehead atoms. The van der Waals surface area contributed by atoms with Gasteiger partial charge in [0.2, 0.25) is 5.91 Å². The minimum absolute atomic E-state index is 0.0147. The number of aliphatic hydroxyl groups is 1. The van der Waals surface area contributed by atoms with E-state index in [1.807, 2.05) is 21.1 Å². The summed E-state index contributed by atoms with van der Waals surface area (Å²) in [5.41, 5.74) is 0. The van der Waals surface area contributed by atoms with E-state index in [4.69, 9.17) is 9.05 Å². The average Bonchev–Trinajstić information content (AvgIpc) is 3.43. The van der Waals surface area contributed by atoms with Crippen LogP contribution in [0.15, 0.2) is 48.6 Å². The van der Waals surface area contributed by atoms with Gasteiger partial charge in [0.15, 0.2) is 0 Å². The zero-order valence-electron chi connectivity index (χ0n) is 54.8. The normalized spacial score (nSPS) is 13.9. The van der Waals surface area contributed by atoms with Crippen LogP contribution >= 0.6 is 7.82 Å². The third-order valence-corrected chi connectivity index (χ3v) is 17.3. The Kier molecular flexibility index (Phi) is 61.8. The minimum atomic E-state index is -4.58. The number of aliphatic hydroxyl groups excluding tert-OH is 1. The van der Waals surface area contributed by atoms with Crippen LogP contribution in [0.4, 0.5) is 0 Å². The molecule has 478 valence electrons. The first-order chi connectivity index (χ1) is 39.5. The van der Waals surface area contributed by atoms with Gasteiger partial charge < -0.3 is 28.8 Å². The molecular weight excluding hydrogens is 1020 g/mol. The van der Waals surface area contributed by atoms with Crippen molar-refractivity contribution in [3.63, 3.8) is 0 Å². The van der Waals surface area contributed by atoms with Crippen LogP contribution in [0, 0.1) is 0 Å². The van der Waals surface area contributed by atoms with Crippen molar-refractivity contribution in [1.82, 2.24) is 5.32 Å². The predicted octanol–water partition coefficient (Wildman–Crippen LogP) is 22.0. The van der Waals surface area contributed by atoms with Crippen LogP contribution in [0.1, 0.15) is 354 Å². The number of hydrogen-bond acceptors (Lipinski definition) is 6. The number of unbranched alkanes of at least 4 members (excludes halogenated alkanes) is 45. The lowest BCUT2D eigenvalue weighted by atomic mass is 10.0. The summed E-state index contributed by atoms with van der Waals surface area (Å²) in [4.78, 5) is 25.6. The number of phosphoric acid groups is 1. The van der Waals surface area contributed by atoms with Gasteiger partial charge in [-0.2, -0.15) is 0 Å². The van der Waals surface area contributed by atoms with Crippen molar-refractivity contribution in [2.45, 2.75) is 366 Å². The Balaban J connectivity index is 3.86. The third kappa shape index (κ3) is 65.9. The molecule has 0 saturated heterocycles. The maximum absolute atomic E-state index is 13.0. The molecule has 1 amide bonds. The molecular formula is C72H139N2O6P. The molecule has 9 heteroatoms. The molecule has 81 heavy (non-hydrogen) atoms. The van der Waals surface area contributed by atoms with Gasteiger partial charge in [-0.25, -0.2) is 0 Å². The van der Waals surface area contributed by atoms with E-state index in [1.54, 1.807) is 0 Å². The van der Waals surface area contributed by atoms with Crippen LogP contribution < -0.4 is 10.2 Å². The summed E-state index contributed by atoms with van der Waals surface area (Å²) in [5, 5.41) is 14.1. The zero-order chi connectivity index (χ0) is 59.1. The Morgan fingerprint density at radius 2 is 0.753 bits per heavy atom. The molecule has 0 saturated carbocycles. The van der Waals surface area contributed by atoms with Gasteiger partial charge in [-0.1, -0.05) is 345 Å².